The largest absolute Gasteiger partial charge is 0.313 e. The number of rotatable bonds is 1. The zero-order valence-electron chi connectivity index (χ0n) is 9.17. The average molecular weight is 234 g/mol. The number of hydrogen-bond donors (Lipinski definition) is 1. The Labute approximate surface area is 98.9 Å². The van der Waals surface area contributed by atoms with Crippen molar-refractivity contribution in [2.75, 3.05) is 0 Å². The van der Waals surface area contributed by atoms with Gasteiger partial charge in [0.1, 0.15) is 5.15 Å². The van der Waals surface area contributed by atoms with Crippen LogP contribution < -0.4 is 5.56 Å². The van der Waals surface area contributed by atoms with Crippen LogP contribution in [-0.4, -0.2) is 4.98 Å². The number of hydrogen-bond acceptors (Lipinski definition) is 1. The van der Waals surface area contributed by atoms with Crippen LogP contribution in [0.3, 0.4) is 0 Å². The number of aryl methyl sites for hydroxylation is 2. The Bertz CT molecular complexity index is 587. The number of aromatic amines is 1. The molecule has 0 aliphatic rings. The molecule has 0 spiro atoms. The van der Waals surface area contributed by atoms with Crippen LogP contribution in [0.1, 0.15) is 11.1 Å². The van der Waals surface area contributed by atoms with Gasteiger partial charge in [-0.15, -0.1) is 0 Å². The molecule has 0 bridgehead atoms. The molecule has 0 saturated carbocycles. The number of H-pyrrole nitrogens is 1. The highest BCUT2D eigenvalue weighted by atomic mass is 35.5. The minimum atomic E-state index is -0.177. The van der Waals surface area contributed by atoms with Crippen molar-refractivity contribution in [2.45, 2.75) is 13.8 Å². The van der Waals surface area contributed by atoms with Gasteiger partial charge in [-0.1, -0.05) is 35.4 Å². The van der Waals surface area contributed by atoms with E-state index in [1.54, 1.807) is 12.1 Å². The fourth-order valence-corrected chi connectivity index (χ4v) is 1.92. The van der Waals surface area contributed by atoms with Crippen LogP contribution >= 0.6 is 11.6 Å². The van der Waals surface area contributed by atoms with Crippen LogP contribution in [0, 0.1) is 13.8 Å². The highest BCUT2D eigenvalue weighted by Crippen LogP contribution is 2.24. The molecule has 0 fully saturated rings. The van der Waals surface area contributed by atoms with Gasteiger partial charge in [0.15, 0.2) is 0 Å². The fraction of sp³-hybridized carbons (Fsp3) is 0.154. The first kappa shape index (κ1) is 11.0. The molecule has 3 heteroatoms. The van der Waals surface area contributed by atoms with Crippen molar-refractivity contribution in [3.8, 4) is 11.1 Å². The molecule has 0 radical (unpaired) electrons. The second-order valence-electron chi connectivity index (χ2n) is 3.90. The zero-order valence-corrected chi connectivity index (χ0v) is 9.93. The first-order chi connectivity index (χ1) is 7.56. The van der Waals surface area contributed by atoms with E-state index >= 15 is 0 Å². The summed E-state index contributed by atoms with van der Waals surface area (Å²) in [4.78, 5) is 13.9. The smallest absolute Gasteiger partial charge is 0.249 e. The molecule has 0 atom stereocenters. The predicted octanol–water partition coefficient (Wildman–Crippen LogP) is 3.31. The van der Waals surface area contributed by atoms with E-state index in [9.17, 15) is 4.79 Å². The van der Waals surface area contributed by atoms with Crippen molar-refractivity contribution in [1.29, 1.82) is 0 Å². The standard InChI is InChI=1S/C13H12ClNO/c1-8-3-4-9(2)11(5-8)10-6-12(14)15-13(16)7-10/h3-7H,1-2H3,(H,15,16). The maximum atomic E-state index is 11.3. The second kappa shape index (κ2) is 4.14. The van der Waals surface area contributed by atoms with E-state index in [0.717, 1.165) is 22.3 Å². The topological polar surface area (TPSA) is 32.9 Å². The van der Waals surface area contributed by atoms with Crippen molar-refractivity contribution in [2.24, 2.45) is 0 Å². The highest BCUT2D eigenvalue weighted by Gasteiger charge is 2.04. The average Bonchev–Trinajstić information content (AvgIpc) is 2.20. The quantitative estimate of drug-likeness (QED) is 0.754. The summed E-state index contributed by atoms with van der Waals surface area (Å²) in [7, 11) is 0. The fourth-order valence-electron chi connectivity index (χ4n) is 1.71. The first-order valence-electron chi connectivity index (χ1n) is 5.04. The van der Waals surface area contributed by atoms with Crippen LogP contribution in [0.25, 0.3) is 11.1 Å². The molecule has 1 aromatic heterocycles. The summed E-state index contributed by atoms with van der Waals surface area (Å²) in [6.45, 7) is 4.04. The van der Waals surface area contributed by atoms with Gasteiger partial charge in [-0.3, -0.25) is 4.79 Å². The predicted molar refractivity (Wildman–Crippen MR) is 67.0 cm³/mol. The summed E-state index contributed by atoms with van der Waals surface area (Å²) in [6, 6.07) is 9.48. The summed E-state index contributed by atoms with van der Waals surface area (Å²) < 4.78 is 0. The minimum Gasteiger partial charge on any atom is -0.313 e. The molecule has 16 heavy (non-hydrogen) atoms. The lowest BCUT2D eigenvalue weighted by Crippen LogP contribution is -2.04. The van der Waals surface area contributed by atoms with Crippen LogP contribution in [0.15, 0.2) is 35.1 Å². The molecule has 2 nitrogen and oxygen atoms in total. The summed E-state index contributed by atoms with van der Waals surface area (Å²) in [5.41, 5.74) is 4.02. The Morgan fingerprint density at radius 3 is 2.56 bits per heavy atom. The van der Waals surface area contributed by atoms with E-state index < -0.39 is 0 Å². The third-order valence-corrected chi connectivity index (χ3v) is 2.72. The van der Waals surface area contributed by atoms with Gasteiger partial charge in [0.2, 0.25) is 5.56 Å². The normalized spacial score (nSPS) is 10.4. The number of aromatic nitrogens is 1. The molecule has 2 aromatic rings. The Balaban J connectivity index is 2.66. The lowest BCUT2D eigenvalue weighted by molar-refractivity contribution is 1.24. The van der Waals surface area contributed by atoms with Crippen LogP contribution in [0.4, 0.5) is 0 Å². The van der Waals surface area contributed by atoms with Gasteiger partial charge < -0.3 is 4.98 Å². The number of benzene rings is 1. The van der Waals surface area contributed by atoms with Gasteiger partial charge in [-0.25, -0.2) is 0 Å². The monoisotopic (exact) mass is 233 g/mol. The molecule has 82 valence electrons. The van der Waals surface area contributed by atoms with E-state index in [1.807, 2.05) is 26.0 Å². The molecule has 0 amide bonds. The SMILES string of the molecule is Cc1ccc(C)c(-c2cc(Cl)[nH]c(=O)c2)c1. The molecular weight excluding hydrogens is 222 g/mol. The van der Waals surface area contributed by atoms with E-state index in [0.29, 0.717) is 5.15 Å². The van der Waals surface area contributed by atoms with E-state index in [1.165, 1.54) is 0 Å². The van der Waals surface area contributed by atoms with Gasteiger partial charge in [-0.2, -0.15) is 0 Å². The van der Waals surface area contributed by atoms with Crippen molar-refractivity contribution in [3.05, 3.63) is 57.0 Å². The number of nitrogens with one attached hydrogen (secondary N) is 1. The van der Waals surface area contributed by atoms with Gasteiger partial charge in [0.05, 0.1) is 0 Å². The van der Waals surface area contributed by atoms with Crippen molar-refractivity contribution in [1.82, 2.24) is 4.98 Å². The van der Waals surface area contributed by atoms with Gasteiger partial charge >= 0.3 is 0 Å². The number of halogens is 1. The summed E-state index contributed by atoms with van der Waals surface area (Å²) in [6.07, 6.45) is 0. The Morgan fingerprint density at radius 2 is 1.88 bits per heavy atom. The Hall–Kier alpha value is -1.54. The van der Waals surface area contributed by atoms with Crippen molar-refractivity contribution in [3.63, 3.8) is 0 Å². The molecule has 0 aliphatic carbocycles. The lowest BCUT2D eigenvalue weighted by Gasteiger charge is -2.07. The van der Waals surface area contributed by atoms with Gasteiger partial charge in [0, 0.05) is 6.07 Å². The van der Waals surface area contributed by atoms with Crippen molar-refractivity contribution < 1.29 is 0 Å². The molecule has 2 rings (SSSR count). The zero-order chi connectivity index (χ0) is 11.7. The van der Waals surface area contributed by atoms with Gasteiger partial charge in [-0.05, 0) is 36.6 Å². The molecule has 0 unspecified atom stereocenters. The maximum Gasteiger partial charge on any atom is 0.249 e. The van der Waals surface area contributed by atoms with E-state index in [4.69, 9.17) is 11.6 Å². The third-order valence-electron chi connectivity index (χ3n) is 2.52. The lowest BCUT2D eigenvalue weighted by atomic mass is 9.99. The summed E-state index contributed by atoms with van der Waals surface area (Å²) >= 11 is 5.84. The second-order valence-corrected chi connectivity index (χ2v) is 4.31. The summed E-state index contributed by atoms with van der Waals surface area (Å²) in [5, 5.41) is 0.364. The molecule has 1 N–H and O–H groups in total. The van der Waals surface area contributed by atoms with Crippen molar-refractivity contribution >= 4 is 11.6 Å². The van der Waals surface area contributed by atoms with Gasteiger partial charge in [0.25, 0.3) is 0 Å². The van der Waals surface area contributed by atoms with E-state index in [2.05, 4.69) is 11.1 Å². The van der Waals surface area contributed by atoms with Crippen LogP contribution in [0.2, 0.25) is 5.15 Å². The molecule has 1 heterocycles. The Morgan fingerprint density at radius 1 is 1.12 bits per heavy atom. The first-order valence-corrected chi connectivity index (χ1v) is 5.41. The molecule has 1 aromatic carbocycles. The number of pyridine rings is 1. The maximum absolute atomic E-state index is 11.3. The van der Waals surface area contributed by atoms with E-state index in [-0.39, 0.29) is 5.56 Å². The molecular formula is C13H12ClNO. The van der Waals surface area contributed by atoms with Crippen LogP contribution in [-0.2, 0) is 0 Å². The third kappa shape index (κ3) is 2.17. The Kier molecular flexibility index (Phi) is 2.84. The minimum absolute atomic E-state index is 0.177. The molecule has 0 aliphatic heterocycles. The highest BCUT2D eigenvalue weighted by molar-refractivity contribution is 6.29. The van der Waals surface area contributed by atoms with Crippen LogP contribution in [0.5, 0.6) is 0 Å². The molecule has 0 saturated heterocycles. The summed E-state index contributed by atoms with van der Waals surface area (Å²) in [5.74, 6) is 0.